The summed E-state index contributed by atoms with van der Waals surface area (Å²) in [5.41, 5.74) is 15.8. The zero-order valence-electron chi connectivity index (χ0n) is 34.8. The lowest BCUT2D eigenvalue weighted by molar-refractivity contribution is 0.657. The van der Waals surface area contributed by atoms with Gasteiger partial charge in [-0.3, -0.25) is 0 Å². The Morgan fingerprint density at radius 3 is 1.71 bits per heavy atom. The van der Waals surface area contributed by atoms with Gasteiger partial charge in [0.1, 0.15) is 22.3 Å². The summed E-state index contributed by atoms with van der Waals surface area (Å²) >= 11 is 0. The van der Waals surface area contributed by atoms with Crippen LogP contribution in [0.25, 0.3) is 131 Å². The fourth-order valence-corrected chi connectivity index (χ4v) is 11.3. The third kappa shape index (κ3) is 4.78. The number of furan rings is 2. The molecule has 294 valence electrons. The van der Waals surface area contributed by atoms with Gasteiger partial charge in [0, 0.05) is 38.6 Å². The average molecular weight is 803 g/mol. The summed E-state index contributed by atoms with van der Waals surface area (Å²) in [6.45, 7) is 4.77. The molecule has 1 aliphatic rings. The van der Waals surface area contributed by atoms with Gasteiger partial charge < -0.3 is 8.83 Å². The molecule has 0 amide bonds. The molecule has 0 spiro atoms. The fourth-order valence-electron chi connectivity index (χ4n) is 11.3. The highest BCUT2D eigenvalue weighted by atomic mass is 16.3. The molecule has 2 heteroatoms. The highest BCUT2D eigenvalue weighted by Crippen LogP contribution is 2.53. The van der Waals surface area contributed by atoms with Crippen molar-refractivity contribution in [2.24, 2.45) is 0 Å². The normalized spacial score (nSPS) is 13.4. The van der Waals surface area contributed by atoms with Gasteiger partial charge in [0.2, 0.25) is 0 Å². The van der Waals surface area contributed by atoms with Crippen molar-refractivity contribution in [1.29, 1.82) is 0 Å². The van der Waals surface area contributed by atoms with Crippen molar-refractivity contribution in [1.82, 2.24) is 0 Å². The van der Waals surface area contributed by atoms with Crippen molar-refractivity contribution < 1.29 is 8.83 Å². The molecule has 14 rings (SSSR count). The lowest BCUT2D eigenvalue weighted by atomic mass is 9.80. The maximum Gasteiger partial charge on any atom is 0.143 e. The Hall–Kier alpha value is -7.94. The van der Waals surface area contributed by atoms with Crippen LogP contribution in [0.5, 0.6) is 0 Å². The number of benzene rings is 11. The molecule has 11 aromatic carbocycles. The summed E-state index contributed by atoms with van der Waals surface area (Å²) in [5, 5.41) is 14.4. The van der Waals surface area contributed by atoms with E-state index in [-0.39, 0.29) is 5.41 Å². The summed E-state index contributed by atoms with van der Waals surface area (Å²) in [6.07, 6.45) is 0. The molecule has 0 radical (unpaired) electrons. The largest absolute Gasteiger partial charge is 0.456 e. The van der Waals surface area contributed by atoms with E-state index < -0.39 is 0 Å². The predicted octanol–water partition coefficient (Wildman–Crippen LogP) is 17.4. The summed E-state index contributed by atoms with van der Waals surface area (Å²) in [4.78, 5) is 0. The molecule has 0 unspecified atom stereocenters. The van der Waals surface area contributed by atoms with E-state index in [1.54, 1.807) is 0 Å². The Balaban J connectivity index is 0.959. The fraction of sp³-hybridized carbons (Fsp3) is 0.0492. The number of fused-ring (bicyclic) bond motifs is 14. The molecule has 0 aliphatic heterocycles. The maximum atomic E-state index is 6.91. The first-order valence-corrected chi connectivity index (χ1v) is 21.9. The topological polar surface area (TPSA) is 26.3 Å². The van der Waals surface area contributed by atoms with E-state index in [9.17, 15) is 0 Å². The first-order valence-electron chi connectivity index (χ1n) is 21.9. The van der Waals surface area contributed by atoms with Crippen LogP contribution in [0.2, 0.25) is 0 Å². The Morgan fingerprint density at radius 2 is 0.937 bits per heavy atom. The maximum absolute atomic E-state index is 6.91. The molecule has 0 saturated heterocycles. The molecule has 0 bridgehead atoms. The molecular formula is C61H38O2. The standard InChI is InChI=1S/C61H38O2/c1-61(2)52-29-27-37(48-30-36-15-4-6-18-40(36)59-51-33-50-42-19-11-12-25-54(42)62-55(50)34-56(51)63-60(48)59)31-49(52)41-28-26-38(32-53(41)61)57-44-20-7-9-22-46(44)58(47-23-10-8-21-45(47)57)43-24-13-16-35-14-3-5-17-39(35)43/h3-34H,1-2H3. The number of hydrogen-bond donors (Lipinski definition) is 0. The summed E-state index contributed by atoms with van der Waals surface area (Å²) in [6, 6.07) is 71.3. The Morgan fingerprint density at radius 1 is 0.317 bits per heavy atom. The third-order valence-electron chi connectivity index (χ3n) is 14.2. The van der Waals surface area contributed by atoms with E-state index in [0.29, 0.717) is 0 Å². The summed E-state index contributed by atoms with van der Waals surface area (Å²) in [7, 11) is 0. The first kappa shape index (κ1) is 34.7. The first-order chi connectivity index (χ1) is 31.0. The van der Waals surface area contributed by atoms with Crippen molar-refractivity contribution in [2.75, 3.05) is 0 Å². The molecule has 0 saturated carbocycles. The van der Waals surface area contributed by atoms with Gasteiger partial charge in [-0.05, 0) is 123 Å². The van der Waals surface area contributed by atoms with Crippen LogP contribution in [-0.4, -0.2) is 0 Å². The van der Waals surface area contributed by atoms with Crippen molar-refractivity contribution in [2.45, 2.75) is 19.3 Å². The molecule has 63 heavy (non-hydrogen) atoms. The van der Waals surface area contributed by atoms with Crippen LogP contribution in [-0.2, 0) is 5.41 Å². The van der Waals surface area contributed by atoms with E-state index >= 15 is 0 Å². The summed E-state index contributed by atoms with van der Waals surface area (Å²) < 4.78 is 13.2. The van der Waals surface area contributed by atoms with Gasteiger partial charge in [-0.2, -0.15) is 0 Å². The number of hydrogen-bond acceptors (Lipinski definition) is 2. The smallest absolute Gasteiger partial charge is 0.143 e. The van der Waals surface area contributed by atoms with E-state index in [0.717, 1.165) is 55.0 Å². The molecule has 0 atom stereocenters. The van der Waals surface area contributed by atoms with Crippen LogP contribution in [0.15, 0.2) is 203 Å². The van der Waals surface area contributed by atoms with Crippen LogP contribution >= 0.6 is 0 Å². The zero-order chi connectivity index (χ0) is 41.6. The Kier molecular flexibility index (Phi) is 6.93. The average Bonchev–Trinajstić information content (AvgIpc) is 3.96. The Bertz CT molecular complexity index is 4060. The molecule has 13 aromatic rings. The summed E-state index contributed by atoms with van der Waals surface area (Å²) in [5.74, 6) is 0. The SMILES string of the molecule is CC1(C)c2ccc(-c3cc4ccccc4c4c3oc3cc5oc6ccccc6c5cc34)cc2-c2ccc(-c3c4ccccc4c(-c4cccc5ccccc45)c4ccccc34)cc21. The predicted molar refractivity (Wildman–Crippen MR) is 265 cm³/mol. The minimum absolute atomic E-state index is 0.206. The molecule has 0 fully saturated rings. The molecule has 2 aromatic heterocycles. The Labute approximate surface area is 363 Å². The minimum Gasteiger partial charge on any atom is -0.456 e. The molecule has 1 aliphatic carbocycles. The van der Waals surface area contributed by atoms with Crippen molar-refractivity contribution in [3.63, 3.8) is 0 Å². The minimum atomic E-state index is -0.206. The van der Waals surface area contributed by atoms with Gasteiger partial charge >= 0.3 is 0 Å². The van der Waals surface area contributed by atoms with Gasteiger partial charge in [-0.15, -0.1) is 0 Å². The lowest BCUT2D eigenvalue weighted by Gasteiger charge is -2.23. The lowest BCUT2D eigenvalue weighted by Crippen LogP contribution is -2.15. The van der Waals surface area contributed by atoms with Crippen LogP contribution in [0.4, 0.5) is 0 Å². The van der Waals surface area contributed by atoms with E-state index in [1.807, 2.05) is 12.1 Å². The zero-order valence-corrected chi connectivity index (χ0v) is 34.8. The quantitative estimate of drug-likeness (QED) is 0.166. The number of rotatable bonds is 3. The van der Waals surface area contributed by atoms with Gasteiger partial charge in [-0.25, -0.2) is 0 Å². The highest BCUT2D eigenvalue weighted by molar-refractivity contribution is 6.26. The van der Waals surface area contributed by atoms with E-state index in [4.69, 9.17) is 8.83 Å². The molecule has 0 N–H and O–H groups in total. The second kappa shape index (κ2) is 12.6. The third-order valence-corrected chi connectivity index (χ3v) is 14.2. The molecule has 2 heterocycles. The van der Waals surface area contributed by atoms with Gasteiger partial charge in [0.05, 0.1) is 0 Å². The van der Waals surface area contributed by atoms with Gasteiger partial charge in [0.15, 0.2) is 0 Å². The van der Waals surface area contributed by atoms with E-state index in [1.165, 1.54) is 87.6 Å². The van der Waals surface area contributed by atoms with E-state index in [2.05, 4.69) is 196 Å². The van der Waals surface area contributed by atoms with Crippen LogP contribution < -0.4 is 0 Å². The van der Waals surface area contributed by atoms with Gasteiger partial charge in [0.25, 0.3) is 0 Å². The second-order valence-corrected chi connectivity index (χ2v) is 17.9. The van der Waals surface area contributed by atoms with Crippen LogP contribution in [0.3, 0.4) is 0 Å². The molecular weight excluding hydrogens is 765 g/mol. The number of para-hydroxylation sites is 1. The van der Waals surface area contributed by atoms with Crippen molar-refractivity contribution in [3.05, 3.63) is 205 Å². The molecule has 2 nitrogen and oxygen atoms in total. The van der Waals surface area contributed by atoms with Crippen molar-refractivity contribution in [3.8, 4) is 44.5 Å². The van der Waals surface area contributed by atoms with Gasteiger partial charge in [-0.1, -0.05) is 172 Å². The highest BCUT2D eigenvalue weighted by Gasteiger charge is 2.36. The van der Waals surface area contributed by atoms with Crippen LogP contribution in [0, 0.1) is 0 Å². The monoisotopic (exact) mass is 802 g/mol. The van der Waals surface area contributed by atoms with Crippen LogP contribution in [0.1, 0.15) is 25.0 Å². The second-order valence-electron chi connectivity index (χ2n) is 17.9. The van der Waals surface area contributed by atoms with Crippen molar-refractivity contribution >= 4 is 87.0 Å².